The Kier molecular flexibility index (Phi) is 21.3. The number of carbonyl (C=O) groups excluding carboxylic acids is 1. The van der Waals surface area contributed by atoms with E-state index in [-0.39, 0.29) is 12.1 Å². The molecule has 0 aliphatic rings. The first-order valence-electron chi connectivity index (χ1n) is 12.0. The molecule has 0 heterocycles. The maximum Gasteiger partial charge on any atom is 0.305 e. The number of rotatable bonds is 21. The molecule has 3 heteroatoms. The zero-order valence-electron chi connectivity index (χ0n) is 18.5. The van der Waals surface area contributed by atoms with Crippen LogP contribution in [0.2, 0.25) is 0 Å². The average Bonchev–Trinajstić information content (AvgIpc) is 2.69. The first-order chi connectivity index (χ1) is 13.2. The van der Waals surface area contributed by atoms with E-state index < -0.39 is 0 Å². The van der Waals surface area contributed by atoms with Crippen LogP contribution in [0.3, 0.4) is 0 Å². The van der Waals surface area contributed by atoms with Gasteiger partial charge in [-0.1, -0.05) is 110 Å². The molecule has 0 radical (unpaired) electrons. The second-order valence-corrected chi connectivity index (χ2v) is 8.19. The molecule has 0 aromatic carbocycles. The van der Waals surface area contributed by atoms with Gasteiger partial charge in [0.15, 0.2) is 0 Å². The number of methoxy groups -OCH3 is 1. The summed E-state index contributed by atoms with van der Waals surface area (Å²) >= 11 is 0. The molecule has 0 saturated heterocycles. The summed E-state index contributed by atoms with van der Waals surface area (Å²) in [5, 5.41) is 9.50. The predicted molar refractivity (Wildman–Crippen MR) is 116 cm³/mol. The average molecular weight is 385 g/mol. The second kappa shape index (κ2) is 21.7. The van der Waals surface area contributed by atoms with Crippen molar-refractivity contribution in [3.63, 3.8) is 0 Å². The van der Waals surface area contributed by atoms with Gasteiger partial charge in [0.25, 0.3) is 0 Å². The van der Waals surface area contributed by atoms with E-state index in [9.17, 15) is 9.90 Å². The van der Waals surface area contributed by atoms with Crippen molar-refractivity contribution >= 4 is 5.97 Å². The normalized spacial score (nSPS) is 12.3. The standard InChI is InChI=1S/C24H48O3/c1-3-23(25)21-19-17-15-13-11-9-7-5-4-6-8-10-12-14-16-18-20-22-24(26)27-2/h23,25H,3-22H2,1-2H3. The van der Waals surface area contributed by atoms with E-state index in [2.05, 4.69) is 11.7 Å². The van der Waals surface area contributed by atoms with Crippen LogP contribution < -0.4 is 0 Å². The number of esters is 1. The summed E-state index contributed by atoms with van der Waals surface area (Å²) in [6, 6.07) is 0. The van der Waals surface area contributed by atoms with Crippen molar-refractivity contribution < 1.29 is 14.6 Å². The number of ether oxygens (including phenoxy) is 1. The van der Waals surface area contributed by atoms with Crippen molar-refractivity contribution in [2.75, 3.05) is 7.11 Å². The van der Waals surface area contributed by atoms with Gasteiger partial charge in [-0.2, -0.15) is 0 Å². The Labute approximate surface area is 169 Å². The topological polar surface area (TPSA) is 46.5 Å². The molecular weight excluding hydrogens is 336 g/mol. The zero-order chi connectivity index (χ0) is 20.0. The van der Waals surface area contributed by atoms with Crippen LogP contribution in [0.25, 0.3) is 0 Å². The Morgan fingerprint density at radius 3 is 1.33 bits per heavy atom. The van der Waals surface area contributed by atoms with Crippen LogP contribution in [-0.4, -0.2) is 24.3 Å². The third kappa shape index (κ3) is 21.6. The Morgan fingerprint density at radius 1 is 0.667 bits per heavy atom. The van der Waals surface area contributed by atoms with Gasteiger partial charge in [-0.25, -0.2) is 0 Å². The highest BCUT2D eigenvalue weighted by Crippen LogP contribution is 2.15. The van der Waals surface area contributed by atoms with Crippen LogP contribution in [0.5, 0.6) is 0 Å². The lowest BCUT2D eigenvalue weighted by molar-refractivity contribution is -0.140. The lowest BCUT2D eigenvalue weighted by atomic mass is 10.0. The molecule has 27 heavy (non-hydrogen) atoms. The first kappa shape index (κ1) is 26.4. The van der Waals surface area contributed by atoms with E-state index in [0.717, 1.165) is 25.7 Å². The van der Waals surface area contributed by atoms with Crippen LogP contribution >= 0.6 is 0 Å². The van der Waals surface area contributed by atoms with Gasteiger partial charge in [0, 0.05) is 6.42 Å². The SMILES string of the molecule is CCC(O)CCCCCCCCCCCCCCCCCCCC(=O)OC. The highest BCUT2D eigenvalue weighted by atomic mass is 16.5. The van der Waals surface area contributed by atoms with E-state index in [1.165, 1.54) is 103 Å². The highest BCUT2D eigenvalue weighted by molar-refractivity contribution is 5.68. The van der Waals surface area contributed by atoms with Gasteiger partial charge in [-0.15, -0.1) is 0 Å². The largest absolute Gasteiger partial charge is 0.469 e. The number of unbranched alkanes of at least 4 members (excludes halogenated alkanes) is 16. The molecule has 3 nitrogen and oxygen atoms in total. The molecule has 1 unspecified atom stereocenters. The van der Waals surface area contributed by atoms with Gasteiger partial charge in [-0.05, 0) is 19.3 Å². The van der Waals surface area contributed by atoms with Crippen LogP contribution in [0.4, 0.5) is 0 Å². The minimum absolute atomic E-state index is 0.0666. The molecule has 0 aliphatic heterocycles. The molecule has 0 spiro atoms. The minimum Gasteiger partial charge on any atom is -0.469 e. The Balaban J connectivity index is 3.04. The molecule has 1 atom stereocenters. The molecule has 0 aliphatic carbocycles. The van der Waals surface area contributed by atoms with Gasteiger partial charge >= 0.3 is 5.97 Å². The monoisotopic (exact) mass is 384 g/mol. The van der Waals surface area contributed by atoms with Gasteiger partial charge in [0.2, 0.25) is 0 Å². The maximum absolute atomic E-state index is 11.0. The van der Waals surface area contributed by atoms with Gasteiger partial charge in [-0.3, -0.25) is 4.79 Å². The molecule has 0 bridgehead atoms. The van der Waals surface area contributed by atoms with Gasteiger partial charge in [0.1, 0.15) is 0 Å². The Hall–Kier alpha value is -0.570. The number of hydrogen-bond acceptors (Lipinski definition) is 3. The first-order valence-corrected chi connectivity index (χ1v) is 12.0. The molecule has 0 rings (SSSR count). The summed E-state index contributed by atoms with van der Waals surface area (Å²) in [7, 11) is 1.46. The zero-order valence-corrected chi connectivity index (χ0v) is 18.5. The molecular formula is C24H48O3. The Bertz CT molecular complexity index is 304. The fourth-order valence-corrected chi connectivity index (χ4v) is 3.61. The summed E-state index contributed by atoms with van der Waals surface area (Å²) in [4.78, 5) is 11.0. The summed E-state index contributed by atoms with van der Waals surface area (Å²) < 4.78 is 4.65. The van der Waals surface area contributed by atoms with Crippen molar-refractivity contribution in [1.82, 2.24) is 0 Å². The van der Waals surface area contributed by atoms with Crippen molar-refractivity contribution in [3.05, 3.63) is 0 Å². The van der Waals surface area contributed by atoms with E-state index in [1.807, 2.05) is 0 Å². The second-order valence-electron chi connectivity index (χ2n) is 8.19. The van der Waals surface area contributed by atoms with Crippen LogP contribution in [0.15, 0.2) is 0 Å². The quantitative estimate of drug-likeness (QED) is 0.166. The summed E-state index contributed by atoms with van der Waals surface area (Å²) in [6.45, 7) is 2.06. The maximum atomic E-state index is 11.0. The third-order valence-electron chi connectivity index (χ3n) is 5.62. The number of aliphatic hydroxyl groups is 1. The fourth-order valence-electron chi connectivity index (χ4n) is 3.61. The summed E-state index contributed by atoms with van der Waals surface area (Å²) in [6.07, 6.45) is 24.9. The van der Waals surface area contributed by atoms with Gasteiger partial charge < -0.3 is 9.84 Å². The van der Waals surface area contributed by atoms with E-state index >= 15 is 0 Å². The lowest BCUT2D eigenvalue weighted by Crippen LogP contribution is -2.03. The fraction of sp³-hybridized carbons (Fsp3) is 0.958. The summed E-state index contributed by atoms with van der Waals surface area (Å²) in [5.41, 5.74) is 0. The van der Waals surface area contributed by atoms with E-state index in [0.29, 0.717) is 6.42 Å². The van der Waals surface area contributed by atoms with Crippen molar-refractivity contribution in [2.45, 2.75) is 141 Å². The smallest absolute Gasteiger partial charge is 0.305 e. The highest BCUT2D eigenvalue weighted by Gasteiger charge is 2.00. The predicted octanol–water partition coefficient (Wildman–Crippen LogP) is 7.34. The lowest BCUT2D eigenvalue weighted by Gasteiger charge is -2.06. The van der Waals surface area contributed by atoms with Crippen LogP contribution in [-0.2, 0) is 9.53 Å². The molecule has 0 amide bonds. The van der Waals surface area contributed by atoms with Crippen molar-refractivity contribution in [1.29, 1.82) is 0 Å². The van der Waals surface area contributed by atoms with E-state index in [4.69, 9.17) is 0 Å². The summed E-state index contributed by atoms with van der Waals surface area (Å²) in [5.74, 6) is -0.0712. The van der Waals surface area contributed by atoms with Crippen LogP contribution in [0.1, 0.15) is 135 Å². The number of carbonyl (C=O) groups is 1. The van der Waals surface area contributed by atoms with Crippen molar-refractivity contribution in [3.8, 4) is 0 Å². The molecule has 0 aromatic heterocycles. The molecule has 0 fully saturated rings. The van der Waals surface area contributed by atoms with Gasteiger partial charge in [0.05, 0.1) is 13.2 Å². The van der Waals surface area contributed by atoms with E-state index in [1.54, 1.807) is 0 Å². The van der Waals surface area contributed by atoms with Crippen LogP contribution in [0, 0.1) is 0 Å². The number of aliphatic hydroxyl groups excluding tert-OH is 1. The minimum atomic E-state index is -0.0712. The molecule has 0 saturated carbocycles. The third-order valence-corrected chi connectivity index (χ3v) is 5.62. The van der Waals surface area contributed by atoms with Crippen molar-refractivity contribution in [2.24, 2.45) is 0 Å². The molecule has 0 aromatic rings. The molecule has 1 N–H and O–H groups in total. The Morgan fingerprint density at radius 2 is 1.00 bits per heavy atom. The number of hydrogen-bond donors (Lipinski definition) is 1. The molecule has 162 valence electrons.